The molecular formula is C52H65Cl5N12O2. The fourth-order valence-corrected chi connectivity index (χ4v) is 11.4. The number of pyridine rings is 2. The standard InChI is InChI=1S/C26H32Cl2N6O.C19H29ClN6.C7H4Cl2O/c1-2-21-17-33(25-23(28)15-19(16-31-25)24-29-9-10-30-24)13-14-34(21)22-7-11-32(12-8-22)26(35)18-3-5-20(27)6-4-18;1-2-15-13-25(9-10-26(15)16-3-5-21-6-4-16)19-17(20)11-14(12-24-19)18-22-7-8-23-18;8-6-3-1-5(2-4-6)7(9)10/h3-6,15-16,21-22H,2,7-14,17H2,1H3,(H,29,30);11-12,15-16,21H,2-10,13H2,1H3,(H,22,23);1-4H/t21-;15-;/m00./s1. The third-order valence-electron chi connectivity index (χ3n) is 14.3. The zero-order valence-corrected chi connectivity index (χ0v) is 44.4. The number of amidine groups is 2. The summed E-state index contributed by atoms with van der Waals surface area (Å²) in [6.45, 7) is 17.7. The number of likely N-dealkylation sites (tertiary alicyclic amines) is 1. The van der Waals surface area contributed by atoms with Gasteiger partial charge >= 0.3 is 0 Å². The molecule has 2 aromatic heterocycles. The van der Waals surface area contributed by atoms with Gasteiger partial charge in [-0.05, 0) is 124 Å². The van der Waals surface area contributed by atoms with Gasteiger partial charge in [0.05, 0.1) is 23.1 Å². The Kier molecular flexibility index (Phi) is 19.1. The van der Waals surface area contributed by atoms with Crippen LogP contribution in [0.1, 0.15) is 84.2 Å². The van der Waals surface area contributed by atoms with Crippen LogP contribution in [0.5, 0.6) is 0 Å². The predicted octanol–water partition coefficient (Wildman–Crippen LogP) is 8.40. The Morgan fingerprint density at radius 2 is 1.04 bits per heavy atom. The quantitative estimate of drug-likeness (QED) is 0.132. The van der Waals surface area contributed by atoms with Gasteiger partial charge in [0, 0.05) is 134 Å². The summed E-state index contributed by atoms with van der Waals surface area (Å²) in [5.41, 5.74) is 3.10. The number of carbonyl (C=O) groups excluding carboxylic acids is 2. The first-order chi connectivity index (χ1) is 34.5. The van der Waals surface area contributed by atoms with E-state index in [4.69, 9.17) is 68.0 Å². The molecule has 4 aromatic rings. The van der Waals surface area contributed by atoms with Crippen molar-refractivity contribution >= 4 is 92.5 Å². The molecule has 6 aliphatic rings. The van der Waals surface area contributed by atoms with Gasteiger partial charge in [-0.1, -0.05) is 60.3 Å². The van der Waals surface area contributed by atoms with Crippen molar-refractivity contribution in [2.45, 2.75) is 76.5 Å². The number of aromatic nitrogens is 2. The third kappa shape index (κ3) is 13.7. The molecule has 4 saturated heterocycles. The van der Waals surface area contributed by atoms with Gasteiger partial charge in [0.2, 0.25) is 0 Å². The van der Waals surface area contributed by atoms with Crippen molar-refractivity contribution in [1.82, 2.24) is 40.6 Å². The number of benzene rings is 2. The largest absolute Gasteiger partial charge is 0.368 e. The number of hydrogen-bond acceptors (Lipinski definition) is 13. The highest BCUT2D eigenvalue weighted by atomic mass is 35.5. The van der Waals surface area contributed by atoms with Crippen LogP contribution in [0.15, 0.2) is 83.0 Å². The summed E-state index contributed by atoms with van der Waals surface area (Å²) in [4.78, 5) is 53.8. The Labute approximate surface area is 443 Å². The van der Waals surface area contributed by atoms with Crippen molar-refractivity contribution in [2.24, 2.45) is 9.98 Å². The second-order valence-corrected chi connectivity index (χ2v) is 20.7. The van der Waals surface area contributed by atoms with Crippen molar-refractivity contribution < 1.29 is 9.59 Å². The summed E-state index contributed by atoms with van der Waals surface area (Å²) >= 11 is 30.0. The van der Waals surface area contributed by atoms with Crippen LogP contribution in [-0.2, 0) is 0 Å². The molecule has 380 valence electrons. The third-order valence-corrected chi connectivity index (χ3v) is 15.6. The van der Waals surface area contributed by atoms with Crippen LogP contribution in [0.3, 0.4) is 0 Å². The first-order valence-electron chi connectivity index (χ1n) is 25.1. The van der Waals surface area contributed by atoms with Crippen molar-refractivity contribution in [2.75, 3.05) is 101 Å². The zero-order valence-electron chi connectivity index (χ0n) is 40.6. The van der Waals surface area contributed by atoms with E-state index in [0.29, 0.717) is 44.3 Å². The summed E-state index contributed by atoms with van der Waals surface area (Å²) in [6.07, 6.45) is 10.5. The minimum Gasteiger partial charge on any atom is -0.368 e. The Hall–Kier alpha value is -4.25. The van der Waals surface area contributed by atoms with E-state index in [1.807, 2.05) is 41.6 Å². The van der Waals surface area contributed by atoms with Crippen LogP contribution in [-0.4, -0.2) is 163 Å². The van der Waals surface area contributed by atoms with Crippen LogP contribution in [0.2, 0.25) is 20.1 Å². The number of piperazine rings is 2. The second kappa shape index (κ2) is 25.6. The number of hydrogen-bond donors (Lipinski definition) is 3. The average molecular weight is 1070 g/mol. The molecule has 2 aromatic carbocycles. The average Bonchev–Trinajstić information content (AvgIpc) is 4.16. The topological polar surface area (TPSA) is 137 Å². The second-order valence-electron chi connectivity index (χ2n) is 18.7. The number of nitrogens with zero attached hydrogens (tertiary/aromatic N) is 9. The fourth-order valence-electron chi connectivity index (χ4n) is 10.5. The van der Waals surface area contributed by atoms with Crippen LogP contribution < -0.4 is 25.8 Å². The van der Waals surface area contributed by atoms with Crippen LogP contribution in [0.4, 0.5) is 11.6 Å². The van der Waals surface area contributed by atoms with Crippen molar-refractivity contribution in [3.63, 3.8) is 0 Å². The van der Waals surface area contributed by atoms with Crippen LogP contribution in [0.25, 0.3) is 0 Å². The highest BCUT2D eigenvalue weighted by Gasteiger charge is 2.36. The molecule has 2 atom stereocenters. The smallest absolute Gasteiger partial charge is 0.253 e. The van der Waals surface area contributed by atoms with E-state index in [9.17, 15) is 9.59 Å². The van der Waals surface area contributed by atoms with Crippen LogP contribution in [0, 0.1) is 0 Å². The summed E-state index contributed by atoms with van der Waals surface area (Å²) in [5, 5.41) is 12.2. The van der Waals surface area contributed by atoms with Gasteiger partial charge in [-0.3, -0.25) is 29.4 Å². The lowest BCUT2D eigenvalue weighted by atomic mass is 9.97. The highest BCUT2D eigenvalue weighted by molar-refractivity contribution is 6.67. The maximum absolute atomic E-state index is 12.9. The maximum atomic E-state index is 12.9. The number of carbonyl (C=O) groups is 2. The molecule has 4 fully saturated rings. The molecule has 10 rings (SSSR count). The van der Waals surface area contributed by atoms with Gasteiger partial charge in [-0.2, -0.15) is 0 Å². The molecule has 14 nitrogen and oxygen atoms in total. The number of anilines is 2. The number of aliphatic imine (C=N–C) groups is 2. The minimum absolute atomic E-state index is 0.0971. The van der Waals surface area contributed by atoms with Crippen molar-refractivity contribution in [1.29, 1.82) is 0 Å². The lowest BCUT2D eigenvalue weighted by Gasteiger charge is -2.47. The van der Waals surface area contributed by atoms with E-state index in [1.54, 1.807) is 36.4 Å². The Bertz CT molecular complexity index is 2480. The first-order valence-corrected chi connectivity index (χ1v) is 27.0. The molecular weight excluding hydrogens is 1000 g/mol. The summed E-state index contributed by atoms with van der Waals surface area (Å²) in [6, 6.07) is 19.8. The van der Waals surface area contributed by atoms with E-state index >= 15 is 0 Å². The number of nitrogens with one attached hydrogen (secondary N) is 3. The number of piperidine rings is 2. The van der Waals surface area contributed by atoms with E-state index in [2.05, 4.69) is 59.4 Å². The van der Waals surface area contributed by atoms with Gasteiger partial charge in [0.25, 0.3) is 11.1 Å². The molecule has 0 spiro atoms. The Morgan fingerprint density at radius 1 is 0.592 bits per heavy atom. The number of rotatable bonds is 10. The lowest BCUT2D eigenvalue weighted by molar-refractivity contribution is 0.0491. The van der Waals surface area contributed by atoms with Gasteiger partial charge < -0.3 is 30.7 Å². The van der Waals surface area contributed by atoms with Gasteiger partial charge in [0.15, 0.2) is 0 Å². The van der Waals surface area contributed by atoms with Gasteiger partial charge in [-0.15, -0.1) is 0 Å². The fraction of sp³-hybridized carbons (Fsp3) is 0.500. The molecule has 71 heavy (non-hydrogen) atoms. The molecule has 1 amide bonds. The minimum atomic E-state index is -0.461. The van der Waals surface area contributed by atoms with E-state index in [1.165, 1.54) is 12.8 Å². The predicted molar refractivity (Wildman–Crippen MR) is 291 cm³/mol. The molecule has 0 saturated carbocycles. The lowest BCUT2D eigenvalue weighted by Crippen LogP contribution is -2.58. The van der Waals surface area contributed by atoms with Crippen LogP contribution >= 0.6 is 58.0 Å². The molecule has 0 unspecified atom stereocenters. The van der Waals surface area contributed by atoms with E-state index < -0.39 is 5.24 Å². The van der Waals surface area contributed by atoms with Crippen molar-refractivity contribution in [3.8, 4) is 0 Å². The van der Waals surface area contributed by atoms with Gasteiger partial charge in [0.1, 0.15) is 23.3 Å². The zero-order chi connectivity index (χ0) is 49.9. The number of amides is 1. The SMILES string of the molecule is CC[C@H]1CN(c2ncc(C3=NCCN3)cc2Cl)CCN1C1CCN(C(=O)c2ccc(Cl)cc2)CC1.CC[C@H]1CN(c2ncc(C3=NCCN3)cc2Cl)CCN1C1CCNCC1.O=C(Cl)c1ccc(Cl)cc1. The molecule has 19 heteroatoms. The molecule has 3 N–H and O–H groups in total. The maximum Gasteiger partial charge on any atom is 0.253 e. The number of halogens is 5. The summed E-state index contributed by atoms with van der Waals surface area (Å²) in [5.74, 6) is 3.66. The Morgan fingerprint density at radius 3 is 1.45 bits per heavy atom. The highest BCUT2D eigenvalue weighted by Crippen LogP contribution is 2.32. The summed E-state index contributed by atoms with van der Waals surface area (Å²) in [7, 11) is 0. The van der Waals surface area contributed by atoms with Crippen molar-refractivity contribution in [3.05, 3.63) is 115 Å². The Balaban J connectivity index is 0.000000164. The normalized spacial score (nSPS) is 21.3. The summed E-state index contributed by atoms with van der Waals surface area (Å²) < 4.78 is 0. The van der Waals surface area contributed by atoms with E-state index in [0.717, 1.165) is 163 Å². The molecule has 0 aliphatic carbocycles. The molecule has 6 aliphatic heterocycles. The monoisotopic (exact) mass is 1060 g/mol. The van der Waals surface area contributed by atoms with E-state index in [-0.39, 0.29) is 5.91 Å². The first kappa shape index (κ1) is 53.1. The molecule has 8 heterocycles. The molecule has 0 bridgehead atoms. The van der Waals surface area contributed by atoms with Gasteiger partial charge in [-0.25, -0.2) is 9.97 Å². The molecule has 0 radical (unpaired) electrons.